The van der Waals surface area contributed by atoms with Gasteiger partial charge in [0.2, 0.25) is 5.88 Å². The molecule has 0 saturated heterocycles. The molecule has 0 bridgehead atoms. The van der Waals surface area contributed by atoms with Gasteiger partial charge in [-0.1, -0.05) is 40.9 Å². The maximum Gasteiger partial charge on any atom is 0.265 e. The summed E-state index contributed by atoms with van der Waals surface area (Å²) in [6.07, 6.45) is 1.21. The second-order valence-electron chi connectivity index (χ2n) is 8.29. The molecule has 0 radical (unpaired) electrons. The molecule has 0 saturated carbocycles. The molecule has 0 aliphatic heterocycles. The van der Waals surface area contributed by atoms with Crippen LogP contribution in [0.2, 0.25) is 15.2 Å². The van der Waals surface area contributed by atoms with Crippen molar-refractivity contribution in [2.45, 2.75) is 18.6 Å². The van der Waals surface area contributed by atoms with Crippen LogP contribution in [-0.4, -0.2) is 25.6 Å². The van der Waals surface area contributed by atoms with Crippen LogP contribution in [-0.2, 0) is 14.6 Å². The van der Waals surface area contributed by atoms with Crippen LogP contribution in [0.15, 0.2) is 54.6 Å². The Morgan fingerprint density at radius 3 is 2.43 bits per heavy atom. The summed E-state index contributed by atoms with van der Waals surface area (Å²) in [7, 11) is -3.33. The molecule has 0 atom stereocenters. The van der Waals surface area contributed by atoms with Crippen molar-refractivity contribution in [2.24, 2.45) is 0 Å². The number of amides is 1. The topological polar surface area (TPSA) is 85.4 Å². The number of benzene rings is 2. The summed E-state index contributed by atoms with van der Waals surface area (Å²) >= 11 is 19.4. The quantitative estimate of drug-likeness (QED) is 0.242. The van der Waals surface area contributed by atoms with E-state index in [-0.39, 0.29) is 16.9 Å². The number of carbonyl (C=O) groups is 1. The number of carbonyl (C=O) groups excluding carboxylic acids is 1. The highest BCUT2D eigenvalue weighted by atomic mass is 35.5. The molecule has 1 amide bonds. The number of pyridine rings is 1. The lowest BCUT2D eigenvalue weighted by atomic mass is 10.0. The standard InChI is InChI=1S/C24H19Cl3N2O4S2/c1-24(2,35(3,31)32)14-4-7-19-13(8-14)9-20(34-19)23(30)28-15-10-21(27)29-22(11-15)33-16-5-6-17(25)18(26)12-16/h4-12H,1-3H3,(H,28,29,30). The van der Waals surface area contributed by atoms with Gasteiger partial charge < -0.3 is 10.1 Å². The van der Waals surface area contributed by atoms with Gasteiger partial charge in [-0.05, 0) is 61.2 Å². The number of nitrogens with one attached hydrogen (secondary N) is 1. The third-order valence-electron chi connectivity index (χ3n) is 5.50. The second-order valence-corrected chi connectivity index (χ2v) is 13.1. The zero-order valence-corrected chi connectivity index (χ0v) is 22.6. The second kappa shape index (κ2) is 9.59. The number of hydrogen-bond donors (Lipinski definition) is 1. The van der Waals surface area contributed by atoms with Gasteiger partial charge in [-0.25, -0.2) is 13.4 Å². The largest absolute Gasteiger partial charge is 0.439 e. The number of aromatic nitrogens is 1. The van der Waals surface area contributed by atoms with Gasteiger partial charge in [-0.15, -0.1) is 11.3 Å². The van der Waals surface area contributed by atoms with Gasteiger partial charge in [-0.2, -0.15) is 0 Å². The molecule has 11 heteroatoms. The van der Waals surface area contributed by atoms with Crippen LogP contribution in [0.1, 0.15) is 29.1 Å². The molecule has 4 rings (SSSR count). The number of fused-ring (bicyclic) bond motifs is 1. The van der Waals surface area contributed by atoms with Gasteiger partial charge >= 0.3 is 0 Å². The van der Waals surface area contributed by atoms with Crippen LogP contribution in [0.5, 0.6) is 11.6 Å². The number of nitrogens with zero attached hydrogens (tertiary/aromatic N) is 1. The molecular formula is C24H19Cl3N2O4S2. The number of ether oxygens (including phenoxy) is 1. The van der Waals surface area contributed by atoms with Crippen molar-refractivity contribution in [1.82, 2.24) is 4.98 Å². The molecule has 4 aromatic rings. The van der Waals surface area contributed by atoms with Crippen molar-refractivity contribution in [3.63, 3.8) is 0 Å². The van der Waals surface area contributed by atoms with E-state index in [0.717, 1.165) is 10.1 Å². The average molecular weight is 570 g/mol. The molecule has 0 aliphatic rings. The van der Waals surface area contributed by atoms with E-state index >= 15 is 0 Å². The fourth-order valence-corrected chi connectivity index (χ4v) is 5.18. The molecule has 182 valence electrons. The van der Waals surface area contributed by atoms with Crippen molar-refractivity contribution in [2.75, 3.05) is 11.6 Å². The first-order valence-electron chi connectivity index (χ1n) is 10.2. The molecule has 2 aromatic heterocycles. The normalized spacial score (nSPS) is 12.1. The Hall–Kier alpha value is -2.36. The van der Waals surface area contributed by atoms with Crippen LogP contribution < -0.4 is 10.1 Å². The summed E-state index contributed by atoms with van der Waals surface area (Å²) in [5.41, 5.74) is 1.05. The summed E-state index contributed by atoms with van der Waals surface area (Å²) in [5, 5.41) is 4.43. The van der Waals surface area contributed by atoms with Crippen molar-refractivity contribution < 1.29 is 17.9 Å². The molecule has 35 heavy (non-hydrogen) atoms. The summed E-state index contributed by atoms with van der Waals surface area (Å²) in [4.78, 5) is 17.5. The lowest BCUT2D eigenvalue weighted by Gasteiger charge is -2.23. The summed E-state index contributed by atoms with van der Waals surface area (Å²) < 4.78 is 29.9. The first kappa shape index (κ1) is 25.7. The van der Waals surface area contributed by atoms with Gasteiger partial charge in [0.1, 0.15) is 10.9 Å². The summed E-state index contributed by atoms with van der Waals surface area (Å²) in [6.45, 7) is 3.32. The molecule has 0 unspecified atom stereocenters. The van der Waals surface area contributed by atoms with Crippen LogP contribution in [0, 0.1) is 0 Å². The van der Waals surface area contributed by atoms with Crippen LogP contribution in [0.3, 0.4) is 0 Å². The Balaban J connectivity index is 1.57. The van der Waals surface area contributed by atoms with Crippen molar-refractivity contribution in [3.05, 3.63) is 80.2 Å². The molecular weight excluding hydrogens is 551 g/mol. The number of rotatable bonds is 6. The number of sulfone groups is 1. The van der Waals surface area contributed by atoms with Crippen molar-refractivity contribution in [3.8, 4) is 11.6 Å². The summed E-state index contributed by atoms with van der Waals surface area (Å²) in [5.74, 6) is 0.219. The molecule has 6 nitrogen and oxygen atoms in total. The SMILES string of the molecule is CC(C)(c1ccc2sc(C(=O)Nc3cc(Cl)nc(Oc4ccc(Cl)c(Cl)c4)c3)cc2c1)S(C)(=O)=O. The van der Waals surface area contributed by atoms with Gasteiger partial charge in [-0.3, -0.25) is 4.79 Å². The Bertz CT molecular complexity index is 1570. The number of anilines is 1. The van der Waals surface area contributed by atoms with Gasteiger partial charge in [0.25, 0.3) is 5.91 Å². The average Bonchev–Trinajstić information content (AvgIpc) is 3.19. The highest BCUT2D eigenvalue weighted by Gasteiger charge is 2.32. The number of thiophene rings is 1. The van der Waals surface area contributed by atoms with E-state index in [1.165, 1.54) is 29.7 Å². The Kier molecular flexibility index (Phi) is 7.05. The highest BCUT2D eigenvalue weighted by Crippen LogP contribution is 2.35. The van der Waals surface area contributed by atoms with E-state index in [4.69, 9.17) is 39.5 Å². The third kappa shape index (κ3) is 5.57. The van der Waals surface area contributed by atoms with Crippen LogP contribution >= 0.6 is 46.1 Å². The monoisotopic (exact) mass is 568 g/mol. The third-order valence-corrected chi connectivity index (χ3v) is 9.64. The highest BCUT2D eigenvalue weighted by molar-refractivity contribution is 7.91. The van der Waals surface area contributed by atoms with Gasteiger partial charge in [0.05, 0.1) is 19.7 Å². The predicted octanol–water partition coefficient (Wildman–Crippen LogP) is 7.58. The molecule has 0 spiro atoms. The van der Waals surface area contributed by atoms with Crippen molar-refractivity contribution >= 4 is 77.7 Å². The molecule has 2 aromatic carbocycles. The number of halogens is 3. The van der Waals surface area contributed by atoms with E-state index in [1.807, 2.05) is 6.07 Å². The predicted molar refractivity (Wildman–Crippen MR) is 143 cm³/mol. The summed E-state index contributed by atoms with van der Waals surface area (Å²) in [6, 6.07) is 14.9. The lowest BCUT2D eigenvalue weighted by molar-refractivity contribution is 0.103. The molecule has 0 fully saturated rings. The molecule has 1 N–H and O–H groups in total. The molecule has 2 heterocycles. The first-order valence-corrected chi connectivity index (χ1v) is 14.0. The van der Waals surface area contributed by atoms with Crippen molar-refractivity contribution in [1.29, 1.82) is 0 Å². The van der Waals surface area contributed by atoms with E-state index in [1.54, 1.807) is 50.2 Å². The Labute approximate surface area is 221 Å². The van der Waals surface area contributed by atoms with E-state index in [2.05, 4.69) is 10.3 Å². The molecule has 0 aliphatic carbocycles. The van der Waals surface area contributed by atoms with E-state index in [0.29, 0.717) is 31.9 Å². The van der Waals surface area contributed by atoms with Gasteiger partial charge in [0, 0.05) is 28.8 Å². The lowest BCUT2D eigenvalue weighted by Crippen LogP contribution is -2.27. The van der Waals surface area contributed by atoms with Crippen LogP contribution in [0.4, 0.5) is 5.69 Å². The van der Waals surface area contributed by atoms with Gasteiger partial charge in [0.15, 0.2) is 9.84 Å². The maximum atomic E-state index is 13.0. The zero-order valence-electron chi connectivity index (χ0n) is 18.7. The fourth-order valence-electron chi connectivity index (χ4n) is 3.19. The first-order chi connectivity index (χ1) is 16.3. The smallest absolute Gasteiger partial charge is 0.265 e. The fraction of sp³-hybridized carbons (Fsp3) is 0.167. The minimum absolute atomic E-state index is 0.127. The van der Waals surface area contributed by atoms with E-state index in [9.17, 15) is 13.2 Å². The van der Waals surface area contributed by atoms with E-state index < -0.39 is 14.6 Å². The Morgan fingerprint density at radius 2 is 1.74 bits per heavy atom. The maximum absolute atomic E-state index is 13.0. The Morgan fingerprint density at radius 1 is 1.00 bits per heavy atom. The minimum Gasteiger partial charge on any atom is -0.439 e. The minimum atomic E-state index is -3.33. The zero-order chi connectivity index (χ0) is 25.5. The number of hydrogen-bond acceptors (Lipinski definition) is 6. The van der Waals surface area contributed by atoms with Crippen LogP contribution in [0.25, 0.3) is 10.1 Å².